The number of carbonyl (C=O) groups is 1. The van der Waals surface area contributed by atoms with Crippen molar-refractivity contribution in [3.05, 3.63) is 53.6 Å². The number of hydrogen-bond donors (Lipinski definition) is 4. The predicted molar refractivity (Wildman–Crippen MR) is 70.1 cm³/mol. The average Bonchev–Trinajstić information content (AvgIpc) is 2.41. The van der Waals surface area contributed by atoms with Crippen molar-refractivity contribution in [2.24, 2.45) is 0 Å². The van der Waals surface area contributed by atoms with Crippen LogP contribution in [0, 0.1) is 0 Å². The van der Waals surface area contributed by atoms with Gasteiger partial charge in [0.1, 0.15) is 11.5 Å². The number of benzene rings is 2. The van der Waals surface area contributed by atoms with Gasteiger partial charge in [-0.3, -0.25) is 4.79 Å². The lowest BCUT2D eigenvalue weighted by Crippen LogP contribution is -2.12. The van der Waals surface area contributed by atoms with Gasteiger partial charge in [-0.15, -0.1) is 0 Å². The molecular weight excluding hydrogens is 246 g/mol. The molecule has 0 aliphatic carbocycles. The van der Waals surface area contributed by atoms with E-state index in [9.17, 15) is 15.0 Å². The molecule has 1 amide bonds. The molecule has 19 heavy (non-hydrogen) atoms. The van der Waals surface area contributed by atoms with Crippen LogP contribution in [0.15, 0.2) is 42.5 Å². The van der Waals surface area contributed by atoms with Gasteiger partial charge in [0.05, 0.1) is 17.9 Å². The van der Waals surface area contributed by atoms with Crippen LogP contribution in [0.25, 0.3) is 0 Å². The number of aliphatic hydroxyl groups is 1. The second kappa shape index (κ2) is 5.41. The van der Waals surface area contributed by atoms with Crippen molar-refractivity contribution in [3.8, 4) is 11.5 Å². The number of aliphatic hydroxyl groups excluding tert-OH is 1. The number of amides is 1. The highest BCUT2D eigenvalue weighted by Gasteiger charge is 2.12. The van der Waals surface area contributed by atoms with Crippen molar-refractivity contribution in [2.45, 2.75) is 6.61 Å². The average molecular weight is 259 g/mol. The van der Waals surface area contributed by atoms with Crippen LogP contribution in [0.3, 0.4) is 0 Å². The number of anilines is 1. The molecule has 2 aromatic carbocycles. The highest BCUT2D eigenvalue weighted by atomic mass is 16.3. The lowest BCUT2D eigenvalue weighted by molar-refractivity contribution is 0.102. The van der Waals surface area contributed by atoms with Crippen molar-refractivity contribution in [3.63, 3.8) is 0 Å². The van der Waals surface area contributed by atoms with E-state index in [4.69, 9.17) is 5.11 Å². The number of rotatable bonds is 3. The molecule has 0 unspecified atom stereocenters. The molecule has 0 aliphatic heterocycles. The van der Waals surface area contributed by atoms with Crippen molar-refractivity contribution < 1.29 is 20.1 Å². The smallest absolute Gasteiger partial charge is 0.259 e. The van der Waals surface area contributed by atoms with Crippen LogP contribution < -0.4 is 5.32 Å². The van der Waals surface area contributed by atoms with E-state index in [1.807, 2.05) is 0 Å². The summed E-state index contributed by atoms with van der Waals surface area (Å²) >= 11 is 0. The van der Waals surface area contributed by atoms with Gasteiger partial charge in [-0.05, 0) is 29.8 Å². The SMILES string of the molecule is O=C(Nc1ccc(CO)cc1O)c1ccccc1O. The molecule has 5 heteroatoms. The van der Waals surface area contributed by atoms with Gasteiger partial charge >= 0.3 is 0 Å². The maximum absolute atomic E-state index is 11.9. The summed E-state index contributed by atoms with van der Waals surface area (Å²) < 4.78 is 0. The summed E-state index contributed by atoms with van der Waals surface area (Å²) in [6, 6.07) is 10.6. The Balaban J connectivity index is 2.22. The van der Waals surface area contributed by atoms with Crippen LogP contribution in [0.4, 0.5) is 5.69 Å². The van der Waals surface area contributed by atoms with E-state index >= 15 is 0 Å². The Morgan fingerprint density at radius 2 is 1.79 bits per heavy atom. The molecule has 0 bridgehead atoms. The number of nitrogens with one attached hydrogen (secondary N) is 1. The maximum Gasteiger partial charge on any atom is 0.259 e. The van der Waals surface area contributed by atoms with Gasteiger partial charge in [0.15, 0.2) is 0 Å². The van der Waals surface area contributed by atoms with E-state index in [2.05, 4.69) is 5.32 Å². The summed E-state index contributed by atoms with van der Waals surface area (Å²) in [7, 11) is 0. The number of carbonyl (C=O) groups excluding carboxylic acids is 1. The number of hydrogen-bond acceptors (Lipinski definition) is 4. The number of phenols is 2. The molecule has 0 heterocycles. The summed E-state index contributed by atoms with van der Waals surface area (Å²) in [5.41, 5.74) is 0.872. The third-order valence-corrected chi connectivity index (χ3v) is 2.64. The quantitative estimate of drug-likeness (QED) is 0.633. The second-order valence-electron chi connectivity index (χ2n) is 3.98. The first-order valence-electron chi connectivity index (χ1n) is 5.64. The molecule has 98 valence electrons. The van der Waals surface area contributed by atoms with E-state index in [1.54, 1.807) is 18.2 Å². The Kier molecular flexibility index (Phi) is 3.68. The van der Waals surface area contributed by atoms with Gasteiger partial charge in [-0.1, -0.05) is 18.2 Å². The van der Waals surface area contributed by atoms with Gasteiger partial charge < -0.3 is 20.6 Å². The summed E-state index contributed by atoms with van der Waals surface area (Å²) in [6.45, 7) is -0.193. The van der Waals surface area contributed by atoms with Crippen molar-refractivity contribution in [1.82, 2.24) is 0 Å². The Bertz CT molecular complexity index is 610. The number of para-hydroxylation sites is 1. The van der Waals surface area contributed by atoms with Gasteiger partial charge in [-0.2, -0.15) is 0 Å². The minimum atomic E-state index is -0.523. The second-order valence-corrected chi connectivity index (χ2v) is 3.98. The van der Waals surface area contributed by atoms with Gasteiger partial charge in [0.25, 0.3) is 5.91 Å². The molecule has 0 atom stereocenters. The highest BCUT2D eigenvalue weighted by Crippen LogP contribution is 2.26. The summed E-state index contributed by atoms with van der Waals surface area (Å²) in [4.78, 5) is 11.9. The lowest BCUT2D eigenvalue weighted by Gasteiger charge is -2.09. The van der Waals surface area contributed by atoms with E-state index in [0.717, 1.165) is 0 Å². The molecule has 0 spiro atoms. The van der Waals surface area contributed by atoms with Gasteiger partial charge in [0, 0.05) is 0 Å². The molecule has 5 nitrogen and oxygen atoms in total. The van der Waals surface area contributed by atoms with Crippen LogP contribution in [0.1, 0.15) is 15.9 Å². The Morgan fingerprint density at radius 3 is 2.42 bits per heavy atom. The Hall–Kier alpha value is -2.53. The number of phenolic OH excluding ortho intramolecular Hbond substituents is 2. The third kappa shape index (κ3) is 2.83. The van der Waals surface area contributed by atoms with Gasteiger partial charge in [-0.25, -0.2) is 0 Å². The van der Waals surface area contributed by atoms with Crippen LogP contribution >= 0.6 is 0 Å². The molecule has 0 aliphatic rings. The molecule has 0 saturated carbocycles. The molecule has 0 fully saturated rings. The topological polar surface area (TPSA) is 89.8 Å². The molecule has 2 rings (SSSR count). The van der Waals surface area contributed by atoms with E-state index < -0.39 is 5.91 Å². The lowest BCUT2D eigenvalue weighted by atomic mass is 10.1. The molecule has 4 N–H and O–H groups in total. The van der Waals surface area contributed by atoms with Crippen molar-refractivity contribution in [2.75, 3.05) is 5.32 Å². The monoisotopic (exact) mass is 259 g/mol. The van der Waals surface area contributed by atoms with Crippen molar-refractivity contribution >= 4 is 11.6 Å². The van der Waals surface area contributed by atoms with E-state index in [1.165, 1.54) is 24.3 Å². The predicted octanol–water partition coefficient (Wildman–Crippen LogP) is 1.84. The fraction of sp³-hybridized carbons (Fsp3) is 0.0714. The largest absolute Gasteiger partial charge is 0.507 e. The van der Waals surface area contributed by atoms with Crippen LogP contribution in [-0.4, -0.2) is 21.2 Å². The van der Waals surface area contributed by atoms with Crippen molar-refractivity contribution in [1.29, 1.82) is 0 Å². The zero-order valence-corrected chi connectivity index (χ0v) is 10.00. The molecule has 0 aromatic heterocycles. The maximum atomic E-state index is 11.9. The Morgan fingerprint density at radius 1 is 1.05 bits per heavy atom. The molecule has 0 saturated heterocycles. The normalized spacial score (nSPS) is 10.2. The minimum Gasteiger partial charge on any atom is -0.507 e. The van der Waals surface area contributed by atoms with Crippen LogP contribution in [0.2, 0.25) is 0 Å². The minimum absolute atomic E-state index is 0.119. The van der Waals surface area contributed by atoms with E-state index in [0.29, 0.717) is 5.56 Å². The highest BCUT2D eigenvalue weighted by molar-refractivity contribution is 6.06. The summed E-state index contributed by atoms with van der Waals surface area (Å²) in [5.74, 6) is -0.799. The fourth-order valence-corrected chi connectivity index (χ4v) is 1.64. The molecule has 0 radical (unpaired) electrons. The van der Waals surface area contributed by atoms with Gasteiger partial charge in [0.2, 0.25) is 0 Å². The standard InChI is InChI=1S/C14H13NO4/c16-8-9-5-6-11(13(18)7-9)15-14(19)10-3-1-2-4-12(10)17/h1-7,16-18H,8H2,(H,15,19). The third-order valence-electron chi connectivity index (χ3n) is 2.64. The summed E-state index contributed by atoms with van der Waals surface area (Å²) in [5, 5.41) is 30.7. The molecule has 2 aromatic rings. The molecular formula is C14H13NO4. The Labute approximate surface area is 109 Å². The number of aromatic hydroxyl groups is 2. The van der Waals surface area contributed by atoms with E-state index in [-0.39, 0.29) is 29.4 Å². The zero-order chi connectivity index (χ0) is 13.8. The first-order valence-corrected chi connectivity index (χ1v) is 5.64. The first-order chi connectivity index (χ1) is 9.11. The van der Waals surface area contributed by atoms with Crippen LogP contribution in [0.5, 0.6) is 11.5 Å². The summed E-state index contributed by atoms with van der Waals surface area (Å²) in [6.07, 6.45) is 0. The van der Waals surface area contributed by atoms with Crippen LogP contribution in [-0.2, 0) is 6.61 Å². The fourth-order valence-electron chi connectivity index (χ4n) is 1.64. The first kappa shape index (κ1) is 12.9. The zero-order valence-electron chi connectivity index (χ0n) is 10.00.